The van der Waals surface area contributed by atoms with Crippen molar-refractivity contribution < 1.29 is 9.72 Å². The highest BCUT2D eigenvalue weighted by molar-refractivity contribution is 9.10. The van der Waals surface area contributed by atoms with E-state index in [1.54, 1.807) is 13.1 Å². The summed E-state index contributed by atoms with van der Waals surface area (Å²) in [5.74, 6) is -0.301. The summed E-state index contributed by atoms with van der Waals surface area (Å²) in [5.41, 5.74) is 1.66. The van der Waals surface area contributed by atoms with Crippen LogP contribution in [0.1, 0.15) is 16.1 Å². The van der Waals surface area contributed by atoms with Gasteiger partial charge in [-0.2, -0.15) is 5.10 Å². The molecule has 0 unspecified atom stereocenters. The number of hydrogen-bond acceptors (Lipinski definition) is 4. The lowest BCUT2D eigenvalue weighted by atomic mass is 10.1. The number of hydrogen-bond donors (Lipinski definition) is 1. The van der Waals surface area contributed by atoms with Gasteiger partial charge in [-0.15, -0.1) is 0 Å². The molecule has 3 aromatic rings. The second kappa shape index (κ2) is 6.40. The number of fused-ring (bicyclic) bond motifs is 1. The number of aromatic nitrogens is 2. The van der Waals surface area contributed by atoms with Gasteiger partial charge in [0.15, 0.2) is 5.69 Å². The van der Waals surface area contributed by atoms with E-state index in [-0.39, 0.29) is 17.3 Å². The highest BCUT2D eigenvalue weighted by Gasteiger charge is 2.20. The maximum atomic E-state index is 12.6. The van der Waals surface area contributed by atoms with Crippen LogP contribution in [0, 0.1) is 10.1 Å². The summed E-state index contributed by atoms with van der Waals surface area (Å²) < 4.78 is 0.964. The molecule has 0 saturated heterocycles. The number of H-pyrrole nitrogens is 1. The van der Waals surface area contributed by atoms with Crippen molar-refractivity contribution in [2.45, 2.75) is 6.54 Å². The molecule has 0 fully saturated rings. The molecule has 1 N–H and O–H groups in total. The minimum Gasteiger partial charge on any atom is -0.336 e. The molecule has 122 valence electrons. The number of carbonyl (C=O) groups excluding carboxylic acids is 1. The molecule has 24 heavy (non-hydrogen) atoms. The van der Waals surface area contributed by atoms with E-state index in [2.05, 4.69) is 26.1 Å². The Labute approximate surface area is 145 Å². The van der Waals surface area contributed by atoms with E-state index < -0.39 is 4.92 Å². The zero-order chi connectivity index (χ0) is 17.3. The number of benzene rings is 2. The predicted octanol–water partition coefficient (Wildman–Crippen LogP) is 3.51. The Morgan fingerprint density at radius 3 is 2.67 bits per heavy atom. The summed E-state index contributed by atoms with van der Waals surface area (Å²) in [5, 5.41) is 18.1. The Bertz CT molecular complexity index is 921. The molecular formula is C16H13BrN4O3. The topological polar surface area (TPSA) is 92.1 Å². The molecule has 0 aliphatic heterocycles. The first-order valence-electron chi connectivity index (χ1n) is 7.08. The summed E-state index contributed by atoms with van der Waals surface area (Å²) in [6.07, 6.45) is 0. The van der Waals surface area contributed by atoms with E-state index in [1.165, 1.54) is 17.0 Å². The summed E-state index contributed by atoms with van der Waals surface area (Å²) in [6, 6.07) is 11.9. The van der Waals surface area contributed by atoms with E-state index in [9.17, 15) is 14.9 Å². The predicted molar refractivity (Wildman–Crippen MR) is 92.7 cm³/mol. The first kappa shape index (κ1) is 16.1. The fourth-order valence-corrected chi connectivity index (χ4v) is 2.66. The van der Waals surface area contributed by atoms with E-state index >= 15 is 0 Å². The van der Waals surface area contributed by atoms with Crippen LogP contribution >= 0.6 is 15.9 Å². The Hall–Kier alpha value is -2.74. The zero-order valence-electron chi connectivity index (χ0n) is 12.7. The van der Waals surface area contributed by atoms with Crippen molar-refractivity contribution in [3.05, 3.63) is 68.3 Å². The van der Waals surface area contributed by atoms with Gasteiger partial charge in [-0.3, -0.25) is 20.0 Å². The molecule has 0 bridgehead atoms. The van der Waals surface area contributed by atoms with Gasteiger partial charge in [0.05, 0.1) is 10.4 Å². The van der Waals surface area contributed by atoms with E-state index in [1.807, 2.05) is 24.3 Å². The lowest BCUT2D eigenvalue weighted by Crippen LogP contribution is -2.26. The van der Waals surface area contributed by atoms with Crippen molar-refractivity contribution in [2.24, 2.45) is 0 Å². The number of nitrogens with one attached hydrogen (secondary N) is 1. The van der Waals surface area contributed by atoms with Gasteiger partial charge < -0.3 is 4.90 Å². The van der Waals surface area contributed by atoms with Crippen molar-refractivity contribution in [3.8, 4) is 0 Å². The van der Waals surface area contributed by atoms with Crippen LogP contribution in [0.4, 0.5) is 5.69 Å². The third kappa shape index (κ3) is 3.13. The zero-order valence-corrected chi connectivity index (χ0v) is 14.3. The molecule has 0 aliphatic carbocycles. The van der Waals surface area contributed by atoms with Crippen LogP contribution in [0.25, 0.3) is 10.9 Å². The van der Waals surface area contributed by atoms with Crippen LogP contribution in [0.15, 0.2) is 46.9 Å². The summed E-state index contributed by atoms with van der Waals surface area (Å²) in [7, 11) is 1.67. The number of aromatic amines is 1. The van der Waals surface area contributed by atoms with E-state index in [4.69, 9.17) is 0 Å². The van der Waals surface area contributed by atoms with Crippen LogP contribution in [-0.2, 0) is 6.54 Å². The average Bonchev–Trinajstić information content (AvgIpc) is 2.99. The Kier molecular flexibility index (Phi) is 4.30. The maximum Gasteiger partial charge on any atom is 0.275 e. The molecule has 8 heteroatoms. The van der Waals surface area contributed by atoms with Gasteiger partial charge in [-0.05, 0) is 23.8 Å². The van der Waals surface area contributed by atoms with E-state index in [0.717, 1.165) is 10.0 Å². The lowest BCUT2D eigenvalue weighted by molar-refractivity contribution is -0.384. The van der Waals surface area contributed by atoms with Crippen LogP contribution in [0.2, 0.25) is 0 Å². The van der Waals surface area contributed by atoms with Gasteiger partial charge in [-0.1, -0.05) is 28.1 Å². The summed E-state index contributed by atoms with van der Waals surface area (Å²) in [6.45, 7) is 0.412. The Balaban J connectivity index is 1.88. The van der Waals surface area contributed by atoms with Crippen LogP contribution in [0.3, 0.4) is 0 Å². The summed E-state index contributed by atoms with van der Waals surface area (Å²) in [4.78, 5) is 24.6. The van der Waals surface area contributed by atoms with Gasteiger partial charge in [0.25, 0.3) is 11.6 Å². The number of nitro benzene ring substituents is 1. The van der Waals surface area contributed by atoms with Crippen molar-refractivity contribution >= 4 is 38.4 Å². The number of rotatable bonds is 4. The molecule has 1 aromatic heterocycles. The largest absolute Gasteiger partial charge is 0.336 e. The molecule has 0 radical (unpaired) electrons. The fourth-order valence-electron chi connectivity index (χ4n) is 2.39. The van der Waals surface area contributed by atoms with Gasteiger partial charge >= 0.3 is 0 Å². The molecule has 0 spiro atoms. The molecule has 3 rings (SSSR count). The molecule has 7 nitrogen and oxygen atoms in total. The number of nitrogens with zero attached hydrogens (tertiary/aromatic N) is 3. The van der Waals surface area contributed by atoms with Gasteiger partial charge in [0.2, 0.25) is 0 Å². The van der Waals surface area contributed by atoms with Crippen LogP contribution < -0.4 is 0 Å². The average molecular weight is 389 g/mol. The highest BCUT2D eigenvalue weighted by atomic mass is 79.9. The van der Waals surface area contributed by atoms with Crippen LogP contribution in [0.5, 0.6) is 0 Å². The molecule has 1 heterocycles. The number of halogens is 1. The number of nitro groups is 1. The second-order valence-electron chi connectivity index (χ2n) is 5.35. The number of non-ortho nitro benzene ring substituents is 1. The number of carbonyl (C=O) groups is 1. The molecule has 2 aromatic carbocycles. The monoisotopic (exact) mass is 388 g/mol. The molecule has 0 aliphatic rings. The quantitative estimate of drug-likeness (QED) is 0.546. The normalized spacial score (nSPS) is 10.8. The molecule has 1 amide bonds. The Morgan fingerprint density at radius 2 is 2.00 bits per heavy atom. The van der Waals surface area contributed by atoms with Crippen molar-refractivity contribution in [1.82, 2.24) is 15.1 Å². The number of amides is 1. The van der Waals surface area contributed by atoms with Crippen molar-refractivity contribution in [3.63, 3.8) is 0 Å². The first-order chi connectivity index (χ1) is 11.5. The van der Waals surface area contributed by atoms with E-state index in [0.29, 0.717) is 17.4 Å². The van der Waals surface area contributed by atoms with Gasteiger partial charge in [0, 0.05) is 35.6 Å². The third-order valence-electron chi connectivity index (χ3n) is 3.64. The molecule has 0 saturated carbocycles. The Morgan fingerprint density at radius 1 is 1.29 bits per heavy atom. The second-order valence-corrected chi connectivity index (χ2v) is 6.26. The highest BCUT2D eigenvalue weighted by Crippen LogP contribution is 2.23. The first-order valence-corrected chi connectivity index (χ1v) is 7.87. The summed E-state index contributed by atoms with van der Waals surface area (Å²) >= 11 is 3.37. The van der Waals surface area contributed by atoms with Crippen molar-refractivity contribution in [1.29, 1.82) is 0 Å². The van der Waals surface area contributed by atoms with Crippen molar-refractivity contribution in [2.75, 3.05) is 7.05 Å². The fraction of sp³-hybridized carbons (Fsp3) is 0.125. The molecular weight excluding hydrogens is 376 g/mol. The lowest BCUT2D eigenvalue weighted by Gasteiger charge is -2.16. The standard InChI is InChI=1S/C16H13BrN4O3/c1-20(9-10-2-4-11(17)5-3-10)16(22)15-13-8-12(21(23)24)6-7-14(13)18-19-15/h2-8H,9H2,1H3,(H,18,19). The maximum absolute atomic E-state index is 12.6. The smallest absolute Gasteiger partial charge is 0.275 e. The van der Waals surface area contributed by atoms with Crippen LogP contribution in [-0.4, -0.2) is 33.0 Å². The minimum absolute atomic E-state index is 0.0755. The third-order valence-corrected chi connectivity index (χ3v) is 4.17. The molecule has 0 atom stereocenters. The van der Waals surface area contributed by atoms with Gasteiger partial charge in [-0.25, -0.2) is 0 Å². The minimum atomic E-state index is -0.494. The SMILES string of the molecule is CN(Cc1ccc(Br)cc1)C(=O)c1n[nH]c2ccc([N+](=O)[O-])cc12. The van der Waals surface area contributed by atoms with Gasteiger partial charge in [0.1, 0.15) is 0 Å².